The Morgan fingerprint density at radius 1 is 1.18 bits per heavy atom. The Labute approximate surface area is 161 Å². The van der Waals surface area contributed by atoms with Gasteiger partial charge in [0.1, 0.15) is 22.9 Å². The average molecular weight is 384 g/mol. The molecule has 0 radical (unpaired) electrons. The molecular weight excluding hydrogens is 363 g/mol. The number of piperidine rings is 1. The zero-order valence-electron chi connectivity index (χ0n) is 15.3. The molecule has 2 N–H and O–H groups in total. The summed E-state index contributed by atoms with van der Waals surface area (Å²) in [5, 5.41) is 12.2. The standard InChI is InChI=1S/C21H21FN2O4/c22-15-3-6-19-17(11-15)18(26)12-21(28-19)7-9-24(10-8-21)20(27)23-13-14-1-4-16(25)5-2-14/h1-6,11,25H,7-10,12-13H2,(H,23,27). The van der Waals surface area contributed by atoms with Crippen molar-refractivity contribution >= 4 is 11.8 Å². The number of urea groups is 1. The van der Waals surface area contributed by atoms with Crippen LogP contribution in [0.2, 0.25) is 0 Å². The molecule has 2 heterocycles. The van der Waals surface area contributed by atoms with E-state index in [1.54, 1.807) is 29.2 Å². The second-order valence-electron chi connectivity index (χ2n) is 7.34. The third-order valence-corrected chi connectivity index (χ3v) is 5.39. The van der Waals surface area contributed by atoms with Crippen LogP contribution < -0.4 is 10.1 Å². The van der Waals surface area contributed by atoms with Gasteiger partial charge < -0.3 is 20.1 Å². The molecule has 7 heteroatoms. The molecule has 0 atom stereocenters. The number of carbonyl (C=O) groups is 2. The Balaban J connectivity index is 1.35. The van der Waals surface area contributed by atoms with E-state index in [1.807, 2.05) is 0 Å². The molecule has 0 unspecified atom stereocenters. The highest BCUT2D eigenvalue weighted by atomic mass is 19.1. The molecule has 6 nitrogen and oxygen atoms in total. The molecule has 1 fully saturated rings. The van der Waals surface area contributed by atoms with Gasteiger partial charge in [0.15, 0.2) is 5.78 Å². The zero-order valence-corrected chi connectivity index (χ0v) is 15.3. The third-order valence-electron chi connectivity index (χ3n) is 5.39. The maximum atomic E-state index is 13.4. The molecule has 0 bridgehead atoms. The minimum absolute atomic E-state index is 0.119. The Kier molecular flexibility index (Phi) is 4.66. The SMILES string of the molecule is O=C1CC2(CCN(C(=O)NCc3ccc(O)cc3)CC2)Oc2ccc(F)cc21. The second-order valence-corrected chi connectivity index (χ2v) is 7.34. The summed E-state index contributed by atoms with van der Waals surface area (Å²) in [4.78, 5) is 26.6. The van der Waals surface area contributed by atoms with Crippen LogP contribution in [-0.4, -0.2) is 40.5 Å². The van der Waals surface area contributed by atoms with Crippen molar-refractivity contribution in [3.8, 4) is 11.5 Å². The number of nitrogens with zero attached hydrogens (tertiary/aromatic N) is 1. The molecule has 2 amide bonds. The predicted octanol–water partition coefficient (Wildman–Crippen LogP) is 3.24. The fourth-order valence-corrected chi connectivity index (χ4v) is 3.77. The first-order valence-electron chi connectivity index (χ1n) is 9.27. The topological polar surface area (TPSA) is 78.9 Å². The first-order chi connectivity index (χ1) is 13.4. The minimum Gasteiger partial charge on any atom is -0.508 e. The van der Waals surface area contributed by atoms with E-state index in [-0.39, 0.29) is 24.0 Å². The maximum Gasteiger partial charge on any atom is 0.317 e. The van der Waals surface area contributed by atoms with Crippen LogP contribution in [0.25, 0.3) is 0 Å². The van der Waals surface area contributed by atoms with Gasteiger partial charge in [-0.2, -0.15) is 0 Å². The molecule has 1 spiro atoms. The number of halogens is 1. The summed E-state index contributed by atoms with van der Waals surface area (Å²) in [5.74, 6) is 0.0309. The normalized spacial score (nSPS) is 17.8. The molecule has 1 saturated heterocycles. The average Bonchev–Trinajstić information content (AvgIpc) is 2.69. The minimum atomic E-state index is -0.629. The van der Waals surface area contributed by atoms with Gasteiger partial charge in [-0.3, -0.25) is 4.79 Å². The van der Waals surface area contributed by atoms with Gasteiger partial charge in [0.25, 0.3) is 0 Å². The van der Waals surface area contributed by atoms with Crippen LogP contribution in [0.1, 0.15) is 35.2 Å². The van der Waals surface area contributed by atoms with Crippen molar-refractivity contribution in [2.75, 3.05) is 13.1 Å². The summed E-state index contributed by atoms with van der Waals surface area (Å²) in [6.07, 6.45) is 1.29. The van der Waals surface area contributed by atoms with Gasteiger partial charge in [-0.25, -0.2) is 9.18 Å². The number of phenolic OH excluding ortho intramolecular Hbond substituents is 1. The van der Waals surface area contributed by atoms with Crippen molar-refractivity contribution in [3.63, 3.8) is 0 Å². The van der Waals surface area contributed by atoms with Crippen molar-refractivity contribution in [1.29, 1.82) is 0 Å². The highest BCUT2D eigenvalue weighted by Crippen LogP contribution is 2.39. The number of Topliss-reactive ketones (excluding diaryl/α,β-unsaturated/α-hetero) is 1. The number of nitrogens with one attached hydrogen (secondary N) is 1. The van der Waals surface area contributed by atoms with E-state index < -0.39 is 11.4 Å². The van der Waals surface area contributed by atoms with E-state index in [4.69, 9.17) is 4.74 Å². The fraction of sp³-hybridized carbons (Fsp3) is 0.333. The number of phenols is 1. The first-order valence-corrected chi connectivity index (χ1v) is 9.27. The number of rotatable bonds is 2. The smallest absolute Gasteiger partial charge is 0.317 e. The lowest BCUT2D eigenvalue weighted by Gasteiger charge is -2.43. The van der Waals surface area contributed by atoms with Crippen LogP contribution in [0.4, 0.5) is 9.18 Å². The number of ether oxygens (including phenoxy) is 1. The fourth-order valence-electron chi connectivity index (χ4n) is 3.77. The number of ketones is 1. The van der Waals surface area contributed by atoms with Crippen molar-refractivity contribution < 1.29 is 23.8 Å². The Bertz CT molecular complexity index is 905. The molecule has 28 heavy (non-hydrogen) atoms. The lowest BCUT2D eigenvalue weighted by Crippen LogP contribution is -2.54. The molecule has 0 aliphatic carbocycles. The first kappa shape index (κ1) is 18.3. The molecule has 0 aromatic heterocycles. The maximum absolute atomic E-state index is 13.4. The monoisotopic (exact) mass is 384 g/mol. The summed E-state index contributed by atoms with van der Waals surface area (Å²) in [5.41, 5.74) is 0.555. The number of amides is 2. The number of carbonyl (C=O) groups excluding carboxylic acids is 2. The number of likely N-dealkylation sites (tertiary alicyclic amines) is 1. The van der Waals surface area contributed by atoms with Gasteiger partial charge in [-0.05, 0) is 35.9 Å². The summed E-state index contributed by atoms with van der Waals surface area (Å²) in [6, 6.07) is 10.5. The quantitative estimate of drug-likeness (QED) is 0.833. The highest BCUT2D eigenvalue weighted by Gasteiger charge is 2.43. The van der Waals surface area contributed by atoms with Gasteiger partial charge >= 0.3 is 6.03 Å². The van der Waals surface area contributed by atoms with E-state index in [2.05, 4.69) is 5.32 Å². The largest absolute Gasteiger partial charge is 0.508 e. The van der Waals surface area contributed by atoms with Crippen molar-refractivity contribution in [3.05, 3.63) is 59.4 Å². The van der Waals surface area contributed by atoms with E-state index in [0.29, 0.717) is 43.8 Å². The zero-order chi connectivity index (χ0) is 19.7. The summed E-state index contributed by atoms with van der Waals surface area (Å²) in [6.45, 7) is 1.32. The molecule has 146 valence electrons. The lowest BCUT2D eigenvalue weighted by molar-refractivity contribution is -0.000806. The van der Waals surface area contributed by atoms with Gasteiger partial charge in [0.05, 0.1) is 12.0 Å². The van der Waals surface area contributed by atoms with Crippen LogP contribution in [0, 0.1) is 5.82 Å². The van der Waals surface area contributed by atoms with E-state index in [0.717, 1.165) is 5.56 Å². The molecule has 2 aliphatic rings. The van der Waals surface area contributed by atoms with Gasteiger partial charge in [0, 0.05) is 32.5 Å². The van der Waals surface area contributed by atoms with Crippen molar-refractivity contribution in [2.45, 2.75) is 31.4 Å². The van der Waals surface area contributed by atoms with Crippen LogP contribution in [0.15, 0.2) is 42.5 Å². The summed E-state index contributed by atoms with van der Waals surface area (Å²) >= 11 is 0. The van der Waals surface area contributed by atoms with Crippen molar-refractivity contribution in [1.82, 2.24) is 10.2 Å². The number of fused-ring (bicyclic) bond motifs is 1. The van der Waals surface area contributed by atoms with Crippen LogP contribution in [0.3, 0.4) is 0 Å². The van der Waals surface area contributed by atoms with Crippen LogP contribution in [0.5, 0.6) is 11.5 Å². The van der Waals surface area contributed by atoms with Crippen molar-refractivity contribution in [2.24, 2.45) is 0 Å². The van der Waals surface area contributed by atoms with Crippen LogP contribution in [-0.2, 0) is 6.54 Å². The molecule has 2 aromatic rings. The van der Waals surface area contributed by atoms with E-state index in [9.17, 15) is 19.1 Å². The number of hydrogen-bond donors (Lipinski definition) is 2. The Hall–Kier alpha value is -3.09. The summed E-state index contributed by atoms with van der Waals surface area (Å²) in [7, 11) is 0. The molecular formula is C21H21FN2O4. The van der Waals surface area contributed by atoms with E-state index >= 15 is 0 Å². The van der Waals surface area contributed by atoms with E-state index in [1.165, 1.54) is 18.2 Å². The lowest BCUT2D eigenvalue weighted by atomic mass is 9.82. The highest BCUT2D eigenvalue weighted by molar-refractivity contribution is 6.00. The number of benzene rings is 2. The number of aromatic hydroxyl groups is 1. The predicted molar refractivity (Wildman–Crippen MR) is 99.9 cm³/mol. The van der Waals surface area contributed by atoms with Gasteiger partial charge in [-0.15, -0.1) is 0 Å². The Morgan fingerprint density at radius 3 is 2.61 bits per heavy atom. The second kappa shape index (κ2) is 7.14. The third kappa shape index (κ3) is 3.65. The molecule has 0 saturated carbocycles. The molecule has 2 aliphatic heterocycles. The van der Waals surface area contributed by atoms with Gasteiger partial charge in [-0.1, -0.05) is 12.1 Å². The molecule has 4 rings (SSSR count). The summed E-state index contributed by atoms with van der Waals surface area (Å²) < 4.78 is 19.5. The van der Waals surface area contributed by atoms with Gasteiger partial charge in [0.2, 0.25) is 0 Å². The van der Waals surface area contributed by atoms with Crippen LogP contribution >= 0.6 is 0 Å². The molecule has 2 aromatic carbocycles. The Morgan fingerprint density at radius 2 is 1.89 bits per heavy atom. The number of hydrogen-bond acceptors (Lipinski definition) is 4.